The van der Waals surface area contributed by atoms with Gasteiger partial charge in [-0.05, 0) is 92.3 Å². The summed E-state index contributed by atoms with van der Waals surface area (Å²) in [6.07, 6.45) is 4.49. The van der Waals surface area contributed by atoms with Crippen LogP contribution in [0.4, 0.5) is 0 Å². The molecule has 7 N–H and O–H groups in total. The van der Waals surface area contributed by atoms with E-state index in [4.69, 9.17) is 11.5 Å². The molecule has 0 spiro atoms. The van der Waals surface area contributed by atoms with E-state index in [9.17, 15) is 29.1 Å². The number of carbonyl (C=O) groups excluding carboxylic acids is 5. The number of carbonyl (C=O) groups is 5. The fourth-order valence-corrected chi connectivity index (χ4v) is 5.87. The van der Waals surface area contributed by atoms with Crippen molar-refractivity contribution in [1.82, 2.24) is 15.5 Å². The van der Waals surface area contributed by atoms with Gasteiger partial charge in [-0.3, -0.25) is 24.0 Å². The molecule has 0 unspecified atom stereocenters. The summed E-state index contributed by atoms with van der Waals surface area (Å²) >= 11 is 1.50. The summed E-state index contributed by atoms with van der Waals surface area (Å²) in [5, 5.41) is 15.5. The molecule has 13 heteroatoms. The maximum Gasteiger partial charge on any atom is 0.305 e. The number of aryl methyl sites for hydroxylation is 1. The van der Waals surface area contributed by atoms with Crippen molar-refractivity contribution in [3.8, 4) is 5.75 Å². The second-order valence-corrected chi connectivity index (χ2v) is 12.9. The lowest BCUT2D eigenvalue weighted by Crippen LogP contribution is -2.55. The second-order valence-electron chi connectivity index (χ2n) is 11.9. The first kappa shape index (κ1) is 40.1. The third-order valence-electron chi connectivity index (χ3n) is 8.45. The van der Waals surface area contributed by atoms with Crippen LogP contribution in [0.5, 0.6) is 5.75 Å². The SMILES string of the molecule is COC(=O)CCCCCN(C(=O)CNC(=O)[C@@H](CCSC)NC(=O)[C@@H](N)Cc1c(C)cc(O)c(C)c1C)[C@@H](Cc1ccccc1)C(N)=O. The highest BCUT2D eigenvalue weighted by Gasteiger charge is 2.30. The van der Waals surface area contributed by atoms with Crippen LogP contribution in [0.3, 0.4) is 0 Å². The van der Waals surface area contributed by atoms with Crippen LogP contribution < -0.4 is 22.1 Å². The molecule has 0 aliphatic rings. The Hall–Kier alpha value is -4.10. The predicted octanol–water partition coefficient (Wildman–Crippen LogP) is 2.20. The summed E-state index contributed by atoms with van der Waals surface area (Å²) in [7, 11) is 1.32. The summed E-state index contributed by atoms with van der Waals surface area (Å²) in [6.45, 7) is 5.27. The number of rotatable bonds is 20. The summed E-state index contributed by atoms with van der Waals surface area (Å²) < 4.78 is 4.68. The molecule has 0 bridgehead atoms. The standard InChI is InChI=1S/C35H51N5O7S/c1-22-18-30(41)24(3)23(2)26(22)20-27(36)34(45)39-28(15-17-48-5)35(46)38-21-31(42)40(16-11-7-10-14-32(43)47-4)29(33(37)44)19-25-12-8-6-9-13-25/h6,8-9,12-13,18,27-29,41H,7,10-11,14-17,19-21,36H2,1-5H3,(H2,37,44)(H,38,46)(H,39,45)/t27-,28+,29-/m0/s1. The number of primary amides is 1. The highest BCUT2D eigenvalue weighted by molar-refractivity contribution is 7.98. The topological polar surface area (TPSA) is 194 Å². The number of hydrogen-bond donors (Lipinski definition) is 5. The van der Waals surface area contributed by atoms with Crippen LogP contribution in [0.1, 0.15) is 59.9 Å². The number of aromatic hydroxyl groups is 1. The van der Waals surface area contributed by atoms with Gasteiger partial charge in [0, 0.05) is 19.4 Å². The van der Waals surface area contributed by atoms with E-state index in [1.807, 2.05) is 50.4 Å². The smallest absolute Gasteiger partial charge is 0.305 e. The van der Waals surface area contributed by atoms with Gasteiger partial charge in [0.05, 0.1) is 19.7 Å². The van der Waals surface area contributed by atoms with Crippen molar-refractivity contribution in [3.05, 3.63) is 64.2 Å². The predicted molar refractivity (Wildman–Crippen MR) is 187 cm³/mol. The number of nitrogens with zero attached hydrogens (tertiary/aromatic N) is 1. The number of benzene rings is 2. The van der Waals surface area contributed by atoms with Crippen LogP contribution >= 0.6 is 11.8 Å². The van der Waals surface area contributed by atoms with E-state index >= 15 is 0 Å². The Bertz CT molecular complexity index is 1410. The van der Waals surface area contributed by atoms with E-state index in [1.165, 1.54) is 23.8 Å². The van der Waals surface area contributed by atoms with Crippen molar-refractivity contribution in [2.75, 3.05) is 32.2 Å². The Balaban J connectivity index is 2.15. The number of esters is 1. The quantitative estimate of drug-likeness (QED) is 0.103. The molecule has 2 aromatic carbocycles. The highest BCUT2D eigenvalue weighted by Crippen LogP contribution is 2.27. The number of phenols is 1. The van der Waals surface area contributed by atoms with Crippen LogP contribution in [0, 0.1) is 20.8 Å². The summed E-state index contributed by atoms with van der Waals surface area (Å²) in [5.74, 6) is -1.84. The maximum absolute atomic E-state index is 13.6. The monoisotopic (exact) mass is 685 g/mol. The van der Waals surface area contributed by atoms with Crippen molar-refractivity contribution in [1.29, 1.82) is 0 Å². The Kier molecular flexibility index (Phi) is 17.0. The Morgan fingerprint density at radius 3 is 2.29 bits per heavy atom. The fourth-order valence-electron chi connectivity index (χ4n) is 5.40. The largest absolute Gasteiger partial charge is 0.508 e. The molecule has 0 aliphatic carbocycles. The van der Waals surface area contributed by atoms with E-state index in [0.717, 1.165) is 22.3 Å². The lowest BCUT2D eigenvalue weighted by atomic mass is 9.92. The van der Waals surface area contributed by atoms with Crippen LogP contribution in [-0.4, -0.2) is 89.9 Å². The first-order valence-electron chi connectivity index (χ1n) is 16.1. The zero-order valence-electron chi connectivity index (χ0n) is 28.7. The van der Waals surface area contributed by atoms with E-state index in [0.29, 0.717) is 37.0 Å². The molecule has 264 valence electrons. The van der Waals surface area contributed by atoms with Gasteiger partial charge >= 0.3 is 5.97 Å². The van der Waals surface area contributed by atoms with Gasteiger partial charge in [0.2, 0.25) is 23.6 Å². The summed E-state index contributed by atoms with van der Waals surface area (Å²) in [6, 6.07) is 7.96. The minimum Gasteiger partial charge on any atom is -0.508 e. The molecule has 12 nitrogen and oxygen atoms in total. The van der Waals surface area contributed by atoms with Gasteiger partial charge in [0.25, 0.3) is 0 Å². The summed E-state index contributed by atoms with van der Waals surface area (Å²) in [4.78, 5) is 65.6. The van der Waals surface area contributed by atoms with Gasteiger partial charge in [-0.2, -0.15) is 11.8 Å². The number of nitrogens with one attached hydrogen (secondary N) is 2. The third-order valence-corrected chi connectivity index (χ3v) is 9.10. The van der Waals surface area contributed by atoms with Crippen LogP contribution in [0.2, 0.25) is 0 Å². The highest BCUT2D eigenvalue weighted by atomic mass is 32.2. The molecule has 3 atom stereocenters. The Morgan fingerprint density at radius 1 is 0.979 bits per heavy atom. The average molecular weight is 686 g/mol. The van der Waals surface area contributed by atoms with Gasteiger partial charge in [0.1, 0.15) is 17.8 Å². The van der Waals surface area contributed by atoms with Gasteiger partial charge in [0.15, 0.2) is 0 Å². The zero-order valence-corrected chi connectivity index (χ0v) is 29.5. The number of nitrogens with two attached hydrogens (primary N) is 2. The molecular weight excluding hydrogens is 634 g/mol. The number of methoxy groups -OCH3 is 1. The van der Waals surface area contributed by atoms with Gasteiger partial charge in [-0.1, -0.05) is 36.8 Å². The van der Waals surface area contributed by atoms with Crippen molar-refractivity contribution >= 4 is 41.4 Å². The van der Waals surface area contributed by atoms with Gasteiger partial charge in [-0.15, -0.1) is 0 Å². The lowest BCUT2D eigenvalue weighted by Gasteiger charge is -2.30. The normalized spacial score (nSPS) is 12.8. The molecule has 2 aromatic rings. The van der Waals surface area contributed by atoms with Crippen LogP contribution in [0.15, 0.2) is 36.4 Å². The van der Waals surface area contributed by atoms with Crippen LogP contribution in [-0.2, 0) is 41.6 Å². The van der Waals surface area contributed by atoms with E-state index in [2.05, 4.69) is 15.4 Å². The molecule has 48 heavy (non-hydrogen) atoms. The average Bonchev–Trinajstić information content (AvgIpc) is 3.06. The Morgan fingerprint density at radius 2 is 1.67 bits per heavy atom. The van der Waals surface area contributed by atoms with Crippen molar-refractivity contribution in [3.63, 3.8) is 0 Å². The van der Waals surface area contributed by atoms with Crippen molar-refractivity contribution in [2.45, 2.75) is 83.8 Å². The first-order valence-corrected chi connectivity index (χ1v) is 17.5. The second kappa shape index (κ2) is 20.3. The summed E-state index contributed by atoms with van der Waals surface area (Å²) in [5.41, 5.74) is 16.1. The van der Waals surface area contributed by atoms with Crippen LogP contribution in [0.25, 0.3) is 0 Å². The first-order chi connectivity index (χ1) is 22.8. The number of amides is 4. The zero-order chi connectivity index (χ0) is 35.8. The minimum atomic E-state index is -0.960. The maximum atomic E-state index is 13.6. The van der Waals surface area contributed by atoms with E-state index in [-0.39, 0.29) is 37.5 Å². The molecule has 0 aliphatic heterocycles. The number of unbranched alkanes of at least 4 members (excludes halogenated alkanes) is 2. The molecule has 0 saturated carbocycles. The molecule has 0 radical (unpaired) electrons. The van der Waals surface area contributed by atoms with Crippen molar-refractivity contribution < 1.29 is 33.8 Å². The molecular formula is C35H51N5O7S. The molecule has 0 heterocycles. The fraction of sp³-hybridized carbons (Fsp3) is 0.514. The van der Waals surface area contributed by atoms with Gasteiger partial charge < -0.3 is 36.8 Å². The number of hydrogen-bond acceptors (Lipinski definition) is 9. The molecule has 4 amide bonds. The minimum absolute atomic E-state index is 0.175. The molecule has 2 rings (SSSR count). The Labute approximate surface area is 287 Å². The van der Waals surface area contributed by atoms with Crippen molar-refractivity contribution in [2.24, 2.45) is 11.5 Å². The number of thioether (sulfide) groups is 1. The molecule has 0 aromatic heterocycles. The molecule has 0 fully saturated rings. The number of ether oxygens (including phenoxy) is 1. The van der Waals surface area contributed by atoms with E-state index in [1.54, 1.807) is 13.0 Å². The lowest BCUT2D eigenvalue weighted by molar-refractivity contribution is -0.141. The number of phenolic OH excluding ortho intramolecular Hbond substituents is 1. The third kappa shape index (κ3) is 12.5. The molecule has 0 saturated heterocycles. The van der Waals surface area contributed by atoms with E-state index < -0.39 is 48.3 Å². The van der Waals surface area contributed by atoms with Gasteiger partial charge in [-0.25, -0.2) is 0 Å².